The van der Waals surface area contributed by atoms with E-state index in [1.807, 2.05) is 0 Å². The van der Waals surface area contributed by atoms with E-state index in [1.54, 1.807) is 12.3 Å². The van der Waals surface area contributed by atoms with Gasteiger partial charge in [0.25, 0.3) is 15.9 Å². The van der Waals surface area contributed by atoms with Crippen LogP contribution in [0.3, 0.4) is 0 Å². The number of aryl methyl sites for hydroxylation is 1. The second-order valence-corrected chi connectivity index (χ2v) is 6.93. The molecule has 21 heavy (non-hydrogen) atoms. The van der Waals surface area contributed by atoms with Gasteiger partial charge in [0.15, 0.2) is 11.7 Å². The molecule has 1 aliphatic rings. The molecule has 9 heteroatoms. The van der Waals surface area contributed by atoms with Gasteiger partial charge in [-0.1, -0.05) is 0 Å². The lowest BCUT2D eigenvalue weighted by Gasteiger charge is -2.18. The minimum atomic E-state index is -3.76. The van der Waals surface area contributed by atoms with Crippen molar-refractivity contribution in [3.8, 4) is 5.75 Å². The first-order chi connectivity index (χ1) is 9.94. The van der Waals surface area contributed by atoms with E-state index in [0.717, 1.165) is 5.69 Å². The Bertz CT molecular complexity index is 814. The molecule has 2 heterocycles. The monoisotopic (exact) mass is 325 g/mol. The van der Waals surface area contributed by atoms with E-state index in [0.29, 0.717) is 16.6 Å². The van der Waals surface area contributed by atoms with Crippen molar-refractivity contribution in [3.05, 3.63) is 29.3 Å². The highest BCUT2D eigenvalue weighted by atomic mass is 32.2. The fraction of sp³-hybridized carbons (Fsp3) is 0.167. The predicted molar refractivity (Wildman–Crippen MR) is 78.2 cm³/mol. The Morgan fingerprint density at radius 2 is 2.24 bits per heavy atom. The summed E-state index contributed by atoms with van der Waals surface area (Å²) in [5, 5.41) is 4.62. The summed E-state index contributed by atoms with van der Waals surface area (Å²) in [6.07, 6.45) is 0. The molecule has 1 aromatic heterocycles. The summed E-state index contributed by atoms with van der Waals surface area (Å²) >= 11 is 1.20. The van der Waals surface area contributed by atoms with Crippen LogP contribution in [0.1, 0.15) is 5.69 Å². The normalized spacial score (nSPS) is 14.0. The Morgan fingerprint density at radius 1 is 1.43 bits per heavy atom. The van der Waals surface area contributed by atoms with Crippen molar-refractivity contribution in [2.24, 2.45) is 0 Å². The average Bonchev–Trinajstić information content (AvgIpc) is 2.82. The molecule has 1 aliphatic heterocycles. The summed E-state index contributed by atoms with van der Waals surface area (Å²) in [4.78, 5) is 15.4. The average molecular weight is 325 g/mol. The zero-order valence-electron chi connectivity index (χ0n) is 10.9. The number of anilines is 2. The van der Waals surface area contributed by atoms with Crippen molar-refractivity contribution < 1.29 is 17.9 Å². The molecule has 1 amide bonds. The fourth-order valence-electron chi connectivity index (χ4n) is 1.80. The van der Waals surface area contributed by atoms with E-state index < -0.39 is 10.0 Å². The molecule has 1 aromatic carbocycles. The van der Waals surface area contributed by atoms with Crippen molar-refractivity contribution in [2.75, 3.05) is 16.6 Å². The molecule has 0 spiro atoms. The number of ether oxygens (including phenoxy) is 1. The molecule has 0 radical (unpaired) electrons. The molecular weight excluding hydrogens is 314 g/mol. The molecule has 0 fully saturated rings. The third-order valence-corrected chi connectivity index (χ3v) is 5.08. The lowest BCUT2D eigenvalue weighted by Crippen LogP contribution is -2.25. The highest BCUT2D eigenvalue weighted by molar-refractivity contribution is 7.93. The predicted octanol–water partition coefficient (Wildman–Crippen LogP) is 1.58. The van der Waals surface area contributed by atoms with E-state index in [9.17, 15) is 13.2 Å². The molecule has 2 aromatic rings. The summed E-state index contributed by atoms with van der Waals surface area (Å²) in [6, 6.07) is 4.28. The number of carbonyl (C=O) groups excluding carboxylic acids is 1. The van der Waals surface area contributed by atoms with Gasteiger partial charge in [0.05, 0.1) is 16.3 Å². The Kier molecular flexibility index (Phi) is 3.30. The standard InChI is InChI=1S/C12H11N3O4S2/c1-7-6-20-12(13-7)15-21(17,18)8-2-3-10-9(4-8)14-11(16)5-19-10/h2-4,6H,5H2,1H3,(H,13,15)(H,14,16). The number of aromatic nitrogens is 1. The van der Waals surface area contributed by atoms with Crippen molar-refractivity contribution >= 4 is 38.1 Å². The van der Waals surface area contributed by atoms with Gasteiger partial charge < -0.3 is 10.1 Å². The van der Waals surface area contributed by atoms with Gasteiger partial charge in [0.2, 0.25) is 0 Å². The van der Waals surface area contributed by atoms with Gasteiger partial charge in [-0.25, -0.2) is 13.4 Å². The van der Waals surface area contributed by atoms with Crippen LogP contribution in [-0.2, 0) is 14.8 Å². The zero-order valence-corrected chi connectivity index (χ0v) is 12.5. The molecular formula is C12H11N3O4S2. The first-order valence-electron chi connectivity index (χ1n) is 5.96. The van der Waals surface area contributed by atoms with Crippen molar-refractivity contribution in [1.82, 2.24) is 4.98 Å². The van der Waals surface area contributed by atoms with E-state index in [1.165, 1.54) is 29.5 Å². The molecule has 0 aliphatic carbocycles. The first-order valence-corrected chi connectivity index (χ1v) is 8.32. The zero-order chi connectivity index (χ0) is 15.0. The number of sulfonamides is 1. The quantitative estimate of drug-likeness (QED) is 0.893. The number of thiazole rings is 1. The van der Waals surface area contributed by atoms with Crippen LogP contribution in [0.25, 0.3) is 0 Å². The van der Waals surface area contributed by atoms with Gasteiger partial charge in [0.1, 0.15) is 5.75 Å². The number of nitrogens with zero attached hydrogens (tertiary/aromatic N) is 1. The third-order valence-electron chi connectivity index (χ3n) is 2.73. The van der Waals surface area contributed by atoms with Gasteiger partial charge >= 0.3 is 0 Å². The van der Waals surface area contributed by atoms with Crippen molar-refractivity contribution in [1.29, 1.82) is 0 Å². The maximum Gasteiger partial charge on any atom is 0.263 e. The smallest absolute Gasteiger partial charge is 0.263 e. The van der Waals surface area contributed by atoms with Gasteiger partial charge in [-0.2, -0.15) is 0 Å². The van der Waals surface area contributed by atoms with E-state index in [-0.39, 0.29) is 17.4 Å². The van der Waals surface area contributed by atoms with E-state index in [2.05, 4.69) is 15.0 Å². The van der Waals surface area contributed by atoms with Gasteiger partial charge in [-0.05, 0) is 25.1 Å². The van der Waals surface area contributed by atoms with Crippen LogP contribution in [0.2, 0.25) is 0 Å². The summed E-state index contributed by atoms with van der Waals surface area (Å²) in [7, 11) is -3.76. The SMILES string of the molecule is Cc1csc(NS(=O)(=O)c2ccc3c(c2)NC(=O)CO3)n1. The highest BCUT2D eigenvalue weighted by Gasteiger charge is 2.21. The van der Waals surface area contributed by atoms with Crippen molar-refractivity contribution in [3.63, 3.8) is 0 Å². The summed E-state index contributed by atoms with van der Waals surface area (Å²) in [6.45, 7) is 1.70. The fourth-order valence-corrected chi connectivity index (χ4v) is 3.77. The lowest BCUT2D eigenvalue weighted by molar-refractivity contribution is -0.118. The van der Waals surface area contributed by atoms with Crippen LogP contribution >= 0.6 is 11.3 Å². The minimum Gasteiger partial charge on any atom is -0.482 e. The summed E-state index contributed by atoms with van der Waals surface area (Å²) in [5.74, 6) is 0.124. The minimum absolute atomic E-state index is 0.0277. The van der Waals surface area contributed by atoms with Gasteiger partial charge in [-0.3, -0.25) is 9.52 Å². The summed E-state index contributed by atoms with van der Waals surface area (Å²) in [5.41, 5.74) is 1.08. The number of rotatable bonds is 3. The van der Waals surface area contributed by atoms with Crippen LogP contribution < -0.4 is 14.8 Å². The summed E-state index contributed by atoms with van der Waals surface area (Å²) < 4.78 is 32.1. The maximum absolute atomic E-state index is 12.3. The molecule has 110 valence electrons. The van der Waals surface area contributed by atoms with Crippen LogP contribution in [0.5, 0.6) is 5.75 Å². The number of nitrogens with one attached hydrogen (secondary N) is 2. The molecule has 0 saturated carbocycles. The lowest BCUT2D eigenvalue weighted by atomic mass is 10.2. The Morgan fingerprint density at radius 3 is 2.95 bits per heavy atom. The van der Waals surface area contributed by atoms with Crippen LogP contribution in [0, 0.1) is 6.92 Å². The first kappa shape index (κ1) is 13.8. The molecule has 3 rings (SSSR count). The van der Waals surface area contributed by atoms with Gasteiger partial charge in [0, 0.05) is 5.38 Å². The van der Waals surface area contributed by atoms with E-state index >= 15 is 0 Å². The number of amides is 1. The highest BCUT2D eigenvalue weighted by Crippen LogP contribution is 2.31. The molecule has 0 saturated heterocycles. The number of hydrogen-bond acceptors (Lipinski definition) is 6. The van der Waals surface area contributed by atoms with Crippen LogP contribution in [0.15, 0.2) is 28.5 Å². The topological polar surface area (TPSA) is 97.4 Å². The molecule has 7 nitrogen and oxygen atoms in total. The van der Waals surface area contributed by atoms with Crippen LogP contribution in [-0.4, -0.2) is 25.9 Å². The Balaban J connectivity index is 1.92. The number of fused-ring (bicyclic) bond motifs is 1. The third kappa shape index (κ3) is 2.83. The Labute approximate surface area is 125 Å². The Hall–Kier alpha value is -2.13. The number of carbonyl (C=O) groups is 1. The molecule has 0 bridgehead atoms. The second-order valence-electron chi connectivity index (χ2n) is 4.39. The number of benzene rings is 1. The van der Waals surface area contributed by atoms with Gasteiger partial charge in [-0.15, -0.1) is 11.3 Å². The van der Waals surface area contributed by atoms with Crippen LogP contribution in [0.4, 0.5) is 10.8 Å². The van der Waals surface area contributed by atoms with E-state index in [4.69, 9.17) is 4.74 Å². The second kappa shape index (κ2) is 5.01. The largest absolute Gasteiger partial charge is 0.482 e. The number of hydrogen-bond donors (Lipinski definition) is 2. The molecule has 0 atom stereocenters. The van der Waals surface area contributed by atoms with Crippen molar-refractivity contribution in [2.45, 2.75) is 11.8 Å². The molecule has 2 N–H and O–H groups in total. The maximum atomic E-state index is 12.3. The molecule has 0 unspecified atom stereocenters.